The lowest BCUT2D eigenvalue weighted by molar-refractivity contribution is 0.733. The molecule has 0 N–H and O–H groups in total. The molecule has 87 valence electrons. The standard InChI is InChI=1S/C16H18N/c1-2-3-13-17-16-12-8-7-11-15(16)14-9-5-4-6-10-14/h4-12H,2-3,13H2,1H3. The van der Waals surface area contributed by atoms with Crippen molar-refractivity contribution in [3.63, 3.8) is 0 Å². The second-order valence-electron chi connectivity index (χ2n) is 4.12. The lowest BCUT2D eigenvalue weighted by Gasteiger charge is -2.09. The molecule has 2 aromatic rings. The highest BCUT2D eigenvalue weighted by Gasteiger charge is 2.03. The topological polar surface area (TPSA) is 14.1 Å². The molecule has 2 rings (SSSR count). The van der Waals surface area contributed by atoms with Gasteiger partial charge >= 0.3 is 0 Å². The van der Waals surface area contributed by atoms with Crippen molar-refractivity contribution in [2.45, 2.75) is 19.8 Å². The van der Waals surface area contributed by atoms with Crippen molar-refractivity contribution in [3.8, 4) is 11.1 Å². The van der Waals surface area contributed by atoms with Crippen molar-refractivity contribution in [1.82, 2.24) is 5.32 Å². The largest absolute Gasteiger partial charge is 0.285 e. The van der Waals surface area contributed by atoms with E-state index in [2.05, 4.69) is 60.8 Å². The highest BCUT2D eigenvalue weighted by molar-refractivity contribution is 5.75. The van der Waals surface area contributed by atoms with Gasteiger partial charge in [0.2, 0.25) is 0 Å². The molecule has 0 amide bonds. The molecule has 0 unspecified atom stereocenters. The third-order valence-electron chi connectivity index (χ3n) is 2.78. The predicted octanol–water partition coefficient (Wildman–Crippen LogP) is 4.39. The summed E-state index contributed by atoms with van der Waals surface area (Å²) in [6.45, 7) is 3.11. The number of unbranched alkanes of at least 4 members (excludes halogenated alkanes) is 1. The Balaban J connectivity index is 2.22. The maximum Gasteiger partial charge on any atom is 0.0652 e. The van der Waals surface area contributed by atoms with Crippen molar-refractivity contribution in [2.75, 3.05) is 6.54 Å². The Morgan fingerprint density at radius 3 is 2.35 bits per heavy atom. The molecule has 0 spiro atoms. The van der Waals surface area contributed by atoms with Crippen molar-refractivity contribution in [2.24, 2.45) is 0 Å². The van der Waals surface area contributed by atoms with Gasteiger partial charge < -0.3 is 0 Å². The number of para-hydroxylation sites is 1. The van der Waals surface area contributed by atoms with Crippen LogP contribution in [-0.2, 0) is 0 Å². The monoisotopic (exact) mass is 224 g/mol. The average molecular weight is 224 g/mol. The summed E-state index contributed by atoms with van der Waals surface area (Å²) >= 11 is 0. The molecule has 0 aromatic heterocycles. The Labute approximate surface area is 103 Å². The average Bonchev–Trinajstić information content (AvgIpc) is 2.41. The lowest BCUT2D eigenvalue weighted by atomic mass is 10.0. The van der Waals surface area contributed by atoms with Crippen molar-refractivity contribution in [1.29, 1.82) is 0 Å². The number of nitrogens with zero attached hydrogens (tertiary/aromatic N) is 1. The van der Waals surface area contributed by atoms with Crippen LogP contribution in [0.4, 0.5) is 5.69 Å². The molecule has 0 saturated heterocycles. The summed E-state index contributed by atoms with van der Waals surface area (Å²) in [5.74, 6) is 0. The SMILES string of the molecule is CCCC[N]c1ccccc1-c1ccccc1. The van der Waals surface area contributed by atoms with Gasteiger partial charge in [0, 0.05) is 12.1 Å². The van der Waals surface area contributed by atoms with Crippen LogP contribution in [0.1, 0.15) is 19.8 Å². The van der Waals surface area contributed by atoms with E-state index in [1.54, 1.807) is 0 Å². The molecule has 0 aliphatic heterocycles. The third kappa shape index (κ3) is 3.10. The Morgan fingerprint density at radius 1 is 0.882 bits per heavy atom. The van der Waals surface area contributed by atoms with Gasteiger partial charge in [-0.1, -0.05) is 61.9 Å². The maximum absolute atomic E-state index is 4.67. The van der Waals surface area contributed by atoms with Crippen LogP contribution in [-0.4, -0.2) is 6.54 Å². The molecule has 0 atom stereocenters. The summed E-state index contributed by atoms with van der Waals surface area (Å²) in [5.41, 5.74) is 3.57. The molecule has 1 radical (unpaired) electrons. The summed E-state index contributed by atoms with van der Waals surface area (Å²) in [5, 5.41) is 4.67. The highest BCUT2D eigenvalue weighted by Crippen LogP contribution is 2.27. The lowest BCUT2D eigenvalue weighted by Crippen LogP contribution is -2.00. The minimum absolute atomic E-state index is 0.917. The summed E-state index contributed by atoms with van der Waals surface area (Å²) < 4.78 is 0. The molecular weight excluding hydrogens is 206 g/mol. The van der Waals surface area contributed by atoms with Crippen LogP contribution in [0.15, 0.2) is 54.6 Å². The van der Waals surface area contributed by atoms with Crippen molar-refractivity contribution < 1.29 is 0 Å². The van der Waals surface area contributed by atoms with Crippen molar-refractivity contribution >= 4 is 5.69 Å². The Hall–Kier alpha value is -1.76. The normalized spacial score (nSPS) is 10.2. The molecule has 0 heterocycles. The minimum Gasteiger partial charge on any atom is -0.285 e. The Bertz CT molecular complexity index is 448. The summed E-state index contributed by atoms with van der Waals surface area (Å²) in [6.07, 6.45) is 2.35. The van der Waals surface area contributed by atoms with E-state index in [1.165, 1.54) is 17.5 Å². The molecule has 0 aliphatic rings. The van der Waals surface area contributed by atoms with Gasteiger partial charge in [-0.25, -0.2) is 0 Å². The fourth-order valence-corrected chi connectivity index (χ4v) is 1.83. The predicted molar refractivity (Wildman–Crippen MR) is 73.4 cm³/mol. The van der Waals surface area contributed by atoms with Gasteiger partial charge in [0.1, 0.15) is 0 Å². The van der Waals surface area contributed by atoms with Gasteiger partial charge in [0.05, 0.1) is 5.69 Å². The number of benzene rings is 2. The van der Waals surface area contributed by atoms with Crippen LogP contribution in [0, 0.1) is 0 Å². The van der Waals surface area contributed by atoms with Crippen LogP contribution >= 0.6 is 0 Å². The summed E-state index contributed by atoms with van der Waals surface area (Å²) in [6, 6.07) is 18.8. The molecule has 17 heavy (non-hydrogen) atoms. The summed E-state index contributed by atoms with van der Waals surface area (Å²) in [4.78, 5) is 0. The van der Waals surface area contributed by atoms with E-state index in [4.69, 9.17) is 0 Å². The van der Waals surface area contributed by atoms with Gasteiger partial charge in [-0.15, -0.1) is 0 Å². The van der Waals surface area contributed by atoms with Crippen LogP contribution in [0.25, 0.3) is 11.1 Å². The third-order valence-corrected chi connectivity index (χ3v) is 2.78. The van der Waals surface area contributed by atoms with E-state index in [0.717, 1.165) is 18.7 Å². The van der Waals surface area contributed by atoms with Gasteiger partial charge in [-0.05, 0) is 18.1 Å². The molecule has 1 nitrogen and oxygen atoms in total. The first-order chi connectivity index (χ1) is 8.42. The second-order valence-corrected chi connectivity index (χ2v) is 4.12. The van der Waals surface area contributed by atoms with Gasteiger partial charge in [-0.2, -0.15) is 0 Å². The fourth-order valence-electron chi connectivity index (χ4n) is 1.83. The summed E-state index contributed by atoms with van der Waals surface area (Å²) in [7, 11) is 0. The van der Waals surface area contributed by atoms with Gasteiger partial charge in [-0.3, -0.25) is 5.32 Å². The maximum atomic E-state index is 4.67. The minimum atomic E-state index is 0.917. The first kappa shape index (κ1) is 11.7. The molecule has 0 saturated carbocycles. The molecule has 1 heteroatoms. The van der Waals surface area contributed by atoms with Gasteiger partial charge in [0.15, 0.2) is 0 Å². The smallest absolute Gasteiger partial charge is 0.0652 e. The number of hydrogen-bond acceptors (Lipinski definition) is 0. The second kappa shape index (κ2) is 6.09. The first-order valence-corrected chi connectivity index (χ1v) is 6.23. The zero-order valence-electron chi connectivity index (χ0n) is 10.3. The van der Waals surface area contributed by atoms with E-state index >= 15 is 0 Å². The molecule has 0 aliphatic carbocycles. The van der Waals surface area contributed by atoms with Crippen LogP contribution in [0.3, 0.4) is 0 Å². The van der Waals surface area contributed by atoms with Crippen LogP contribution in [0.5, 0.6) is 0 Å². The highest BCUT2D eigenvalue weighted by atomic mass is 14.9. The van der Waals surface area contributed by atoms with E-state index in [0.29, 0.717) is 0 Å². The number of hydrogen-bond donors (Lipinski definition) is 0. The van der Waals surface area contributed by atoms with Crippen molar-refractivity contribution in [3.05, 3.63) is 54.6 Å². The van der Waals surface area contributed by atoms with E-state index in [9.17, 15) is 0 Å². The quantitative estimate of drug-likeness (QED) is 0.669. The molecular formula is C16H18N. The van der Waals surface area contributed by atoms with E-state index in [1.807, 2.05) is 6.07 Å². The molecule has 2 aromatic carbocycles. The van der Waals surface area contributed by atoms with Gasteiger partial charge in [0.25, 0.3) is 0 Å². The zero-order valence-corrected chi connectivity index (χ0v) is 10.3. The molecule has 0 fully saturated rings. The zero-order chi connectivity index (χ0) is 11.9. The van der Waals surface area contributed by atoms with E-state index < -0.39 is 0 Å². The fraction of sp³-hybridized carbons (Fsp3) is 0.250. The van der Waals surface area contributed by atoms with Crippen LogP contribution < -0.4 is 5.32 Å². The van der Waals surface area contributed by atoms with Crippen LogP contribution in [0.2, 0.25) is 0 Å². The van der Waals surface area contributed by atoms with E-state index in [-0.39, 0.29) is 0 Å². The number of rotatable bonds is 5. The first-order valence-electron chi connectivity index (χ1n) is 6.23. The molecule has 0 bridgehead atoms. The Kier molecular flexibility index (Phi) is 4.20. The Morgan fingerprint density at radius 2 is 1.59 bits per heavy atom.